The first-order chi connectivity index (χ1) is 11.6. The average Bonchev–Trinajstić information content (AvgIpc) is 2.80. The first-order valence-electron chi connectivity index (χ1n) is 8.20. The van der Waals surface area contributed by atoms with E-state index in [-0.39, 0.29) is 0 Å². The molecule has 1 fully saturated rings. The van der Waals surface area contributed by atoms with E-state index < -0.39 is 12.0 Å². The molecule has 0 saturated carbocycles. The van der Waals surface area contributed by atoms with Crippen LogP contribution in [0.2, 0.25) is 0 Å². The molecule has 3 rings (SSSR count). The number of carbonyl (C=O) groups is 1. The number of aliphatic carboxylic acids is 1. The highest BCUT2D eigenvalue weighted by Crippen LogP contribution is 2.37. The van der Waals surface area contributed by atoms with Crippen molar-refractivity contribution in [2.75, 3.05) is 47.0 Å². The fraction of sp³-hybridized carbons (Fsp3) is 0.588. The molecule has 7 heteroatoms. The van der Waals surface area contributed by atoms with Crippen LogP contribution in [-0.2, 0) is 11.3 Å². The molecule has 2 heterocycles. The summed E-state index contributed by atoms with van der Waals surface area (Å²) in [7, 11) is 3.48. The van der Waals surface area contributed by atoms with Gasteiger partial charge in [-0.3, -0.25) is 14.6 Å². The third-order valence-corrected chi connectivity index (χ3v) is 4.56. The van der Waals surface area contributed by atoms with E-state index in [1.807, 2.05) is 24.1 Å². The van der Waals surface area contributed by atoms with Gasteiger partial charge in [-0.05, 0) is 13.1 Å². The monoisotopic (exact) mass is 336 g/mol. The maximum atomic E-state index is 11.4. The second-order valence-corrected chi connectivity index (χ2v) is 6.23. The molecule has 0 amide bonds. The Morgan fingerprint density at radius 2 is 2.00 bits per heavy atom. The van der Waals surface area contributed by atoms with Crippen LogP contribution >= 0.6 is 0 Å². The van der Waals surface area contributed by atoms with Gasteiger partial charge in [0.1, 0.15) is 11.8 Å². The molecular formula is C17H24N2O5. The molecule has 1 saturated heterocycles. The van der Waals surface area contributed by atoms with E-state index in [0.29, 0.717) is 32.1 Å². The van der Waals surface area contributed by atoms with Crippen molar-refractivity contribution in [1.29, 1.82) is 0 Å². The molecule has 0 bridgehead atoms. The van der Waals surface area contributed by atoms with E-state index in [0.717, 1.165) is 36.6 Å². The van der Waals surface area contributed by atoms with Gasteiger partial charge in [0.15, 0.2) is 11.5 Å². The number of hydrogen-bond donors (Lipinski definition) is 1. The molecule has 1 aromatic carbocycles. The molecule has 0 radical (unpaired) electrons. The normalized spacial score (nSPS) is 22.0. The zero-order valence-electron chi connectivity index (χ0n) is 14.2. The Balaban J connectivity index is 1.79. The van der Waals surface area contributed by atoms with E-state index in [1.165, 1.54) is 0 Å². The van der Waals surface area contributed by atoms with Crippen LogP contribution in [0.1, 0.15) is 12.0 Å². The second-order valence-electron chi connectivity index (χ2n) is 6.23. The Kier molecular flexibility index (Phi) is 5.11. The Bertz CT molecular complexity index is 607. The highest BCUT2D eigenvalue weighted by Gasteiger charge is 2.30. The summed E-state index contributed by atoms with van der Waals surface area (Å²) in [5.74, 6) is 1.39. The fourth-order valence-corrected chi connectivity index (χ4v) is 3.13. The van der Waals surface area contributed by atoms with Crippen molar-refractivity contribution < 1.29 is 24.1 Å². The number of methoxy groups -OCH3 is 1. The molecule has 0 spiro atoms. The Hall–Kier alpha value is -1.99. The van der Waals surface area contributed by atoms with Gasteiger partial charge in [0, 0.05) is 44.2 Å². The summed E-state index contributed by atoms with van der Waals surface area (Å²) in [6.45, 7) is 3.92. The molecule has 0 aromatic heterocycles. The largest absolute Gasteiger partial charge is 0.496 e. The summed E-state index contributed by atoms with van der Waals surface area (Å²) in [4.78, 5) is 15.4. The number of fused-ring (bicyclic) bond motifs is 1. The molecule has 1 N–H and O–H groups in total. The standard InChI is InChI=1S/C17H24N2O5/c1-18-4-5-19(11-13(18)17(20)21)10-12-8-15-16(9-14(12)22-2)24-7-3-6-23-15/h8-9,13H,3-7,10-11H2,1-2H3,(H,20,21). The Labute approximate surface area is 141 Å². The number of benzene rings is 1. The van der Waals surface area contributed by atoms with Crippen LogP contribution in [0.5, 0.6) is 17.2 Å². The number of hydrogen-bond acceptors (Lipinski definition) is 6. The number of piperazine rings is 1. The number of rotatable bonds is 4. The van der Waals surface area contributed by atoms with Gasteiger partial charge < -0.3 is 19.3 Å². The van der Waals surface area contributed by atoms with Crippen LogP contribution in [-0.4, -0.2) is 73.9 Å². The average molecular weight is 336 g/mol. The van der Waals surface area contributed by atoms with Crippen molar-refractivity contribution >= 4 is 5.97 Å². The molecular weight excluding hydrogens is 312 g/mol. The van der Waals surface area contributed by atoms with Gasteiger partial charge >= 0.3 is 5.97 Å². The molecule has 7 nitrogen and oxygen atoms in total. The highest BCUT2D eigenvalue weighted by molar-refractivity contribution is 5.73. The molecule has 1 aromatic rings. The maximum Gasteiger partial charge on any atom is 0.322 e. The van der Waals surface area contributed by atoms with E-state index in [2.05, 4.69) is 4.90 Å². The number of carboxylic acids is 1. The number of carboxylic acid groups (broad SMARTS) is 1. The first-order valence-corrected chi connectivity index (χ1v) is 8.20. The fourth-order valence-electron chi connectivity index (χ4n) is 3.13. The SMILES string of the molecule is COc1cc2c(cc1CN1CCN(C)C(C(=O)O)C1)OCCCO2. The van der Waals surface area contributed by atoms with E-state index in [1.54, 1.807) is 7.11 Å². The minimum absolute atomic E-state index is 0.481. The predicted octanol–water partition coefficient (Wildman–Crippen LogP) is 1.06. The summed E-state index contributed by atoms with van der Waals surface area (Å²) < 4.78 is 16.9. The maximum absolute atomic E-state index is 11.4. The molecule has 1 unspecified atom stereocenters. The van der Waals surface area contributed by atoms with Gasteiger partial charge in [-0.1, -0.05) is 0 Å². The third kappa shape index (κ3) is 3.57. The molecule has 24 heavy (non-hydrogen) atoms. The van der Waals surface area contributed by atoms with Crippen LogP contribution in [0, 0.1) is 0 Å². The molecule has 2 aliphatic heterocycles. The van der Waals surface area contributed by atoms with E-state index >= 15 is 0 Å². The van der Waals surface area contributed by atoms with Gasteiger partial charge in [-0.25, -0.2) is 0 Å². The molecule has 132 valence electrons. The van der Waals surface area contributed by atoms with Crippen molar-refractivity contribution in [3.63, 3.8) is 0 Å². The first kappa shape index (κ1) is 16.9. The summed E-state index contributed by atoms with van der Waals surface area (Å²) in [6.07, 6.45) is 0.852. The van der Waals surface area contributed by atoms with Crippen LogP contribution in [0.15, 0.2) is 12.1 Å². The van der Waals surface area contributed by atoms with Crippen LogP contribution in [0.4, 0.5) is 0 Å². The summed E-state index contributed by atoms with van der Waals surface area (Å²) in [6, 6.07) is 3.33. The van der Waals surface area contributed by atoms with Crippen molar-refractivity contribution in [1.82, 2.24) is 9.80 Å². The van der Waals surface area contributed by atoms with Gasteiger partial charge in [0.2, 0.25) is 0 Å². The smallest absolute Gasteiger partial charge is 0.322 e. The predicted molar refractivity (Wildman–Crippen MR) is 87.9 cm³/mol. The number of nitrogens with zero attached hydrogens (tertiary/aromatic N) is 2. The lowest BCUT2D eigenvalue weighted by Crippen LogP contribution is -2.54. The topological polar surface area (TPSA) is 71.5 Å². The van der Waals surface area contributed by atoms with Gasteiger partial charge in [0.25, 0.3) is 0 Å². The lowest BCUT2D eigenvalue weighted by molar-refractivity contribution is -0.145. The van der Waals surface area contributed by atoms with E-state index in [4.69, 9.17) is 14.2 Å². The number of likely N-dealkylation sites (N-methyl/N-ethyl adjacent to an activating group) is 1. The quantitative estimate of drug-likeness (QED) is 0.881. The van der Waals surface area contributed by atoms with Crippen LogP contribution in [0.25, 0.3) is 0 Å². The lowest BCUT2D eigenvalue weighted by atomic mass is 10.1. The Morgan fingerprint density at radius 3 is 2.67 bits per heavy atom. The zero-order chi connectivity index (χ0) is 17.1. The van der Waals surface area contributed by atoms with Gasteiger partial charge in [-0.15, -0.1) is 0 Å². The van der Waals surface area contributed by atoms with Crippen molar-refractivity contribution in [2.45, 2.75) is 19.0 Å². The van der Waals surface area contributed by atoms with E-state index in [9.17, 15) is 9.90 Å². The van der Waals surface area contributed by atoms with Crippen LogP contribution in [0.3, 0.4) is 0 Å². The Morgan fingerprint density at radius 1 is 1.29 bits per heavy atom. The second kappa shape index (κ2) is 7.27. The highest BCUT2D eigenvalue weighted by atomic mass is 16.5. The van der Waals surface area contributed by atoms with Crippen LogP contribution < -0.4 is 14.2 Å². The summed E-state index contributed by atoms with van der Waals surface area (Å²) in [5.41, 5.74) is 0.982. The zero-order valence-corrected chi connectivity index (χ0v) is 14.2. The minimum Gasteiger partial charge on any atom is -0.496 e. The van der Waals surface area contributed by atoms with Gasteiger partial charge in [-0.2, -0.15) is 0 Å². The summed E-state index contributed by atoms with van der Waals surface area (Å²) >= 11 is 0. The number of ether oxygens (including phenoxy) is 3. The molecule has 1 atom stereocenters. The summed E-state index contributed by atoms with van der Waals surface area (Å²) in [5, 5.41) is 9.35. The van der Waals surface area contributed by atoms with Crippen molar-refractivity contribution in [2.24, 2.45) is 0 Å². The molecule has 2 aliphatic rings. The lowest BCUT2D eigenvalue weighted by Gasteiger charge is -2.37. The third-order valence-electron chi connectivity index (χ3n) is 4.56. The van der Waals surface area contributed by atoms with Crippen molar-refractivity contribution in [3.05, 3.63) is 17.7 Å². The van der Waals surface area contributed by atoms with Gasteiger partial charge in [0.05, 0.1) is 20.3 Å². The molecule has 0 aliphatic carbocycles. The van der Waals surface area contributed by atoms with Crippen molar-refractivity contribution in [3.8, 4) is 17.2 Å². The minimum atomic E-state index is -0.784.